The second-order valence-corrected chi connectivity index (χ2v) is 20.9. The summed E-state index contributed by atoms with van der Waals surface area (Å²) in [6.07, 6.45) is 10.3. The van der Waals surface area contributed by atoms with Gasteiger partial charge in [0.15, 0.2) is 5.71 Å². The molecule has 17 nitrogen and oxygen atoms in total. The second-order valence-electron chi connectivity index (χ2n) is 14.9. The first-order valence-electron chi connectivity index (χ1n) is 18.6. The summed E-state index contributed by atoms with van der Waals surface area (Å²) >= 11 is 0. The molecule has 4 N–H and O–H groups in total. The summed E-state index contributed by atoms with van der Waals surface area (Å²) in [6.45, 7) is 4.47. The summed E-state index contributed by atoms with van der Waals surface area (Å²) < 4.78 is 144. The van der Waals surface area contributed by atoms with Gasteiger partial charge in [-0.3, -0.25) is 18.5 Å². The Labute approximate surface area is 345 Å². The van der Waals surface area contributed by atoms with Crippen LogP contribution in [0, 0.1) is 0 Å². The number of hydrogen-bond donors (Lipinski definition) is 4. The monoisotopic (exact) mass is 902 g/mol. The molecule has 21 heteroatoms. The number of benzene rings is 2. The Morgan fingerprint density at radius 3 is 1.98 bits per heavy atom. The van der Waals surface area contributed by atoms with Gasteiger partial charge in [-0.05, 0) is 94.3 Å². The molecule has 0 spiro atoms. The molecule has 326 valence electrons. The molecule has 0 aliphatic carbocycles. The highest BCUT2D eigenvalue weighted by Gasteiger charge is 2.48. The van der Waals surface area contributed by atoms with Crippen molar-refractivity contribution >= 4 is 63.5 Å². The highest BCUT2D eigenvalue weighted by atomic mass is 32.2. The SMILES string of the molecule is COCCN1/C(=C/C=C/C=C/C2=[N+](CCCCCC(=O)O)c3ccc(S(=O)(=O)O)cc3C2(C)CCCS(=O)(=O)O)C(C)(CCCS(=O)(=O)O)c2cc(S(=O)(=O)[O-])ccc21. The van der Waals surface area contributed by atoms with Crippen molar-refractivity contribution in [1.29, 1.82) is 0 Å². The fourth-order valence-corrected chi connectivity index (χ4v) is 9.89. The molecule has 2 atom stereocenters. The Morgan fingerprint density at radius 1 is 0.797 bits per heavy atom. The lowest BCUT2D eigenvalue weighted by atomic mass is 9.76. The molecule has 0 amide bonds. The first kappa shape index (κ1) is 47.9. The van der Waals surface area contributed by atoms with Crippen molar-refractivity contribution in [3.63, 3.8) is 0 Å². The number of ether oxygens (including phenoxy) is 1. The maximum atomic E-state index is 12.2. The number of methoxy groups -OCH3 is 1. The number of carbonyl (C=O) groups is 1. The Balaban J connectivity index is 1.82. The molecule has 2 aromatic carbocycles. The molecule has 0 bridgehead atoms. The largest absolute Gasteiger partial charge is 0.744 e. The molecule has 2 aliphatic heterocycles. The lowest BCUT2D eigenvalue weighted by Crippen LogP contribution is -2.32. The summed E-state index contributed by atoms with van der Waals surface area (Å²) in [7, 11) is -16.7. The third-order valence-electron chi connectivity index (χ3n) is 10.7. The molecule has 0 saturated carbocycles. The van der Waals surface area contributed by atoms with E-state index in [1.54, 1.807) is 44.2 Å². The number of unbranched alkanes of at least 4 members (excludes halogenated alkanes) is 2. The van der Waals surface area contributed by atoms with Crippen LogP contribution >= 0.6 is 0 Å². The van der Waals surface area contributed by atoms with E-state index in [1.165, 1.54) is 43.5 Å². The maximum absolute atomic E-state index is 12.2. The van der Waals surface area contributed by atoms with E-state index in [2.05, 4.69) is 0 Å². The molecule has 0 aromatic heterocycles. The van der Waals surface area contributed by atoms with Crippen molar-refractivity contribution in [2.24, 2.45) is 0 Å². The van der Waals surface area contributed by atoms with Crippen molar-refractivity contribution in [2.45, 2.75) is 85.8 Å². The molecule has 2 unspecified atom stereocenters. The highest BCUT2D eigenvalue weighted by Crippen LogP contribution is 2.51. The summed E-state index contributed by atoms with van der Waals surface area (Å²) in [5.74, 6) is -2.06. The van der Waals surface area contributed by atoms with Crippen molar-refractivity contribution < 1.29 is 71.1 Å². The van der Waals surface area contributed by atoms with Gasteiger partial charge in [0, 0.05) is 61.0 Å². The van der Waals surface area contributed by atoms with Gasteiger partial charge in [-0.1, -0.05) is 18.2 Å². The van der Waals surface area contributed by atoms with Crippen molar-refractivity contribution in [3.8, 4) is 0 Å². The predicted molar refractivity (Wildman–Crippen MR) is 218 cm³/mol. The molecular weight excluding hydrogens is 853 g/mol. The van der Waals surface area contributed by atoms with Gasteiger partial charge in [0.25, 0.3) is 30.4 Å². The van der Waals surface area contributed by atoms with Crippen LogP contribution in [0.2, 0.25) is 0 Å². The zero-order valence-electron chi connectivity index (χ0n) is 32.9. The summed E-state index contributed by atoms with van der Waals surface area (Å²) in [5.41, 5.74) is 1.26. The van der Waals surface area contributed by atoms with Gasteiger partial charge >= 0.3 is 5.97 Å². The Bertz CT molecular complexity index is 2490. The average Bonchev–Trinajstić information content (AvgIpc) is 3.48. The smallest absolute Gasteiger partial charge is 0.303 e. The van der Waals surface area contributed by atoms with Crippen molar-refractivity contribution in [1.82, 2.24) is 0 Å². The maximum Gasteiger partial charge on any atom is 0.303 e. The number of anilines is 1. The van der Waals surface area contributed by atoms with Crippen LogP contribution in [-0.4, -0.2) is 112 Å². The van der Waals surface area contributed by atoms with Crippen LogP contribution in [0.5, 0.6) is 0 Å². The van der Waals surface area contributed by atoms with E-state index in [9.17, 15) is 56.7 Å². The minimum Gasteiger partial charge on any atom is -0.744 e. The first-order valence-corrected chi connectivity index (χ1v) is 24.7. The van der Waals surface area contributed by atoms with Gasteiger partial charge < -0.3 is 19.3 Å². The third-order valence-corrected chi connectivity index (χ3v) is 14.0. The minimum atomic E-state index is -4.86. The van der Waals surface area contributed by atoms with Crippen LogP contribution in [0.4, 0.5) is 11.4 Å². The Kier molecular flexibility index (Phi) is 15.3. The average molecular weight is 903 g/mol. The number of nitrogens with zero attached hydrogens (tertiary/aromatic N) is 2. The van der Waals surface area contributed by atoms with Gasteiger partial charge in [0.2, 0.25) is 5.69 Å². The van der Waals surface area contributed by atoms with Gasteiger partial charge in [0.05, 0.1) is 33.3 Å². The van der Waals surface area contributed by atoms with Gasteiger partial charge in [-0.25, -0.2) is 8.42 Å². The lowest BCUT2D eigenvalue weighted by Gasteiger charge is -2.30. The van der Waals surface area contributed by atoms with Crippen LogP contribution in [0.1, 0.15) is 76.3 Å². The summed E-state index contributed by atoms with van der Waals surface area (Å²) in [6, 6.07) is 8.09. The number of rotatable bonds is 22. The third kappa shape index (κ3) is 12.2. The van der Waals surface area contributed by atoms with Crippen LogP contribution in [0.15, 0.2) is 82.3 Å². The van der Waals surface area contributed by atoms with Gasteiger partial charge in [-0.2, -0.15) is 29.8 Å². The molecule has 59 heavy (non-hydrogen) atoms. The van der Waals surface area contributed by atoms with Crippen LogP contribution < -0.4 is 4.90 Å². The number of carboxylic acids is 1. The van der Waals surface area contributed by atoms with Crippen LogP contribution in [0.25, 0.3) is 0 Å². The van der Waals surface area contributed by atoms with Crippen LogP contribution in [0.3, 0.4) is 0 Å². The lowest BCUT2D eigenvalue weighted by molar-refractivity contribution is -0.438. The Hall–Kier alpha value is -3.80. The van der Waals surface area contributed by atoms with E-state index in [0.29, 0.717) is 66.3 Å². The number of carboxylic acid groups (broad SMARTS) is 1. The Morgan fingerprint density at radius 2 is 1.41 bits per heavy atom. The minimum absolute atomic E-state index is 0.0112. The number of allylic oxidation sites excluding steroid dienone is 6. The quantitative estimate of drug-likeness (QED) is 0.0544. The molecule has 2 aliphatic rings. The zero-order chi connectivity index (χ0) is 44.0. The molecule has 4 rings (SSSR count). The molecule has 0 saturated heterocycles. The van der Waals surface area contributed by atoms with Crippen molar-refractivity contribution in [3.05, 3.63) is 83.6 Å². The van der Waals surface area contributed by atoms with E-state index in [-0.39, 0.29) is 43.6 Å². The highest BCUT2D eigenvalue weighted by molar-refractivity contribution is 7.86. The standard InChI is InChI=1S/C38H50N2O15S4/c1-37(19-10-24-56(43,44)45)30-26-28(58(49,50)51)15-17-32(30)39(21-9-5-8-14-36(41)42)34(37)12-6-4-7-13-35-38(2,20-11-25-57(46,47)48)31-27-29(59(52,53)54)16-18-33(31)40(35)22-23-55-3/h4,6-7,12-13,15-18,26-27H,5,8-11,14,19-25H2,1-3H3,(H4-,41,42,43,44,45,46,47,48,49,50,51,52,53,54). The number of hydrogen-bond acceptors (Lipinski definition) is 12. The normalized spacial score (nSPS) is 20.7. The van der Waals surface area contributed by atoms with Gasteiger partial charge in [0.1, 0.15) is 16.7 Å². The predicted octanol–water partition coefficient (Wildman–Crippen LogP) is 4.60. The fraction of sp³-hybridized carbons (Fsp3) is 0.474. The van der Waals surface area contributed by atoms with E-state index in [4.69, 9.17) is 9.84 Å². The first-order chi connectivity index (χ1) is 27.3. The topological polar surface area (TPSA) is 273 Å². The van der Waals surface area contributed by atoms with E-state index in [0.717, 1.165) is 0 Å². The molecule has 0 radical (unpaired) electrons. The second kappa shape index (κ2) is 18.9. The fourth-order valence-electron chi connectivity index (χ4n) is 7.87. The molecule has 0 fully saturated rings. The van der Waals surface area contributed by atoms with Crippen LogP contribution in [-0.2, 0) is 60.8 Å². The van der Waals surface area contributed by atoms with E-state index in [1.807, 2.05) is 9.48 Å². The molecule has 2 aromatic rings. The summed E-state index contributed by atoms with van der Waals surface area (Å²) in [5, 5.41) is 9.10. The van der Waals surface area contributed by atoms with Crippen molar-refractivity contribution in [2.75, 3.05) is 43.2 Å². The molecular formula is C38H50N2O15S4. The van der Waals surface area contributed by atoms with E-state index >= 15 is 0 Å². The van der Waals surface area contributed by atoms with Gasteiger partial charge in [-0.15, -0.1) is 0 Å². The number of aliphatic carboxylic acids is 1. The molecule has 2 heterocycles. The summed E-state index contributed by atoms with van der Waals surface area (Å²) in [4.78, 5) is 12.1. The zero-order valence-corrected chi connectivity index (χ0v) is 36.1. The van der Waals surface area contributed by atoms with E-state index < -0.39 is 73.7 Å². The number of fused-ring (bicyclic) bond motifs is 2.